The second kappa shape index (κ2) is 10.7. The SMILES string of the molecule is CN(C)c1cc(NC(=O)CNC2CCC3(CC3)C2)c(O)c2c1CC1CC3C(N(C)C)C(=O)C(C(N)=O)C(=O)C3(O)C(=O)C1C2=O. The van der Waals surface area contributed by atoms with Crippen molar-refractivity contribution >= 4 is 46.3 Å². The van der Waals surface area contributed by atoms with Gasteiger partial charge in [0, 0.05) is 31.7 Å². The number of aliphatic hydroxyl groups is 1. The largest absolute Gasteiger partial charge is 0.505 e. The number of primary amides is 1. The molecule has 6 N–H and O–H groups in total. The summed E-state index contributed by atoms with van der Waals surface area (Å²) in [6.07, 6.45) is 5.77. The van der Waals surface area contributed by atoms with Crippen molar-refractivity contribution in [3.05, 3.63) is 17.2 Å². The van der Waals surface area contributed by atoms with Crippen molar-refractivity contribution < 1.29 is 39.0 Å². The fourth-order valence-corrected chi connectivity index (χ4v) is 8.59. The summed E-state index contributed by atoms with van der Waals surface area (Å²) < 4.78 is 0. The first-order valence-corrected chi connectivity index (χ1v) is 15.6. The van der Waals surface area contributed by atoms with Crippen LogP contribution in [0.2, 0.25) is 0 Å². The highest BCUT2D eigenvalue weighted by Crippen LogP contribution is 2.58. The lowest BCUT2D eigenvalue weighted by Crippen LogP contribution is -2.74. The Hall–Kier alpha value is -3.68. The van der Waals surface area contributed by atoms with Gasteiger partial charge in [-0.2, -0.15) is 0 Å². The van der Waals surface area contributed by atoms with Gasteiger partial charge >= 0.3 is 0 Å². The highest BCUT2D eigenvalue weighted by molar-refractivity contribution is 6.32. The minimum atomic E-state index is -2.80. The molecule has 1 aromatic carbocycles. The zero-order valence-electron chi connectivity index (χ0n) is 26.0. The van der Waals surface area contributed by atoms with Crippen LogP contribution in [-0.2, 0) is 30.4 Å². The summed E-state index contributed by atoms with van der Waals surface area (Å²) in [4.78, 5) is 83.4. The molecule has 0 aromatic heterocycles. The van der Waals surface area contributed by atoms with Crippen LogP contribution in [0.1, 0.15) is 54.4 Å². The van der Waals surface area contributed by atoms with Crippen LogP contribution in [0.25, 0.3) is 0 Å². The first kappa shape index (κ1) is 31.3. The third-order valence-electron chi connectivity index (χ3n) is 11.0. The molecule has 6 rings (SSSR count). The zero-order chi connectivity index (χ0) is 32.7. The normalized spacial score (nSPS) is 33.1. The number of carbonyl (C=O) groups is 6. The fraction of sp³-hybridized carbons (Fsp3) is 0.625. The van der Waals surface area contributed by atoms with Crippen molar-refractivity contribution in [2.45, 2.75) is 62.6 Å². The van der Waals surface area contributed by atoms with Crippen molar-refractivity contribution in [1.29, 1.82) is 0 Å². The lowest BCUT2D eigenvalue weighted by Gasteiger charge is -2.52. The van der Waals surface area contributed by atoms with Crippen LogP contribution in [0.3, 0.4) is 0 Å². The third-order valence-corrected chi connectivity index (χ3v) is 11.0. The zero-order valence-corrected chi connectivity index (χ0v) is 26.0. The van der Waals surface area contributed by atoms with Gasteiger partial charge < -0.3 is 31.5 Å². The molecule has 4 saturated carbocycles. The quantitative estimate of drug-likeness (QED) is 0.199. The van der Waals surface area contributed by atoms with E-state index in [1.54, 1.807) is 39.2 Å². The lowest BCUT2D eigenvalue weighted by molar-refractivity contribution is -0.181. The van der Waals surface area contributed by atoms with E-state index in [-0.39, 0.29) is 36.7 Å². The molecule has 4 fully saturated rings. The number of anilines is 2. The molecule has 13 nitrogen and oxygen atoms in total. The summed E-state index contributed by atoms with van der Waals surface area (Å²) in [5, 5.41) is 29.2. The third kappa shape index (κ3) is 4.78. The van der Waals surface area contributed by atoms with Crippen LogP contribution in [0.5, 0.6) is 5.75 Å². The van der Waals surface area contributed by atoms with E-state index in [9.17, 15) is 39.0 Å². The molecule has 0 aliphatic heterocycles. The number of carbonyl (C=O) groups excluding carboxylic acids is 6. The van der Waals surface area contributed by atoms with Gasteiger partial charge in [0.2, 0.25) is 11.8 Å². The van der Waals surface area contributed by atoms with Gasteiger partial charge in [-0.1, -0.05) is 0 Å². The number of benzene rings is 1. The maximum Gasteiger partial charge on any atom is 0.238 e. The number of ketones is 4. The van der Waals surface area contributed by atoms with Gasteiger partial charge in [0.25, 0.3) is 0 Å². The fourth-order valence-electron chi connectivity index (χ4n) is 8.59. The maximum absolute atomic E-state index is 14.2. The van der Waals surface area contributed by atoms with Gasteiger partial charge in [-0.3, -0.25) is 33.7 Å². The number of amides is 2. The molecule has 5 aliphatic rings. The predicted octanol–water partition coefficient (Wildman–Crippen LogP) is -0.206. The summed E-state index contributed by atoms with van der Waals surface area (Å²) in [7, 11) is 6.58. The molecule has 242 valence electrons. The van der Waals surface area contributed by atoms with E-state index in [0.717, 1.165) is 19.3 Å². The number of nitrogens with zero attached hydrogens (tertiary/aromatic N) is 2. The first-order valence-electron chi connectivity index (χ1n) is 15.6. The Labute approximate surface area is 260 Å². The standard InChI is InChI=1S/C32H41N5O8/c1-36(2)19-11-18(35-20(38)13-34-15-5-6-31(12-15)7-8-31)25(39)22-16(19)9-14-10-17-24(37(3)4)27(41)23(30(33)44)29(43)32(17,45)28(42)21(14)26(22)40/h11,14-15,17,21,23-24,34,39,45H,5-10,12-13H2,1-4H3,(H2,33,44)(H,35,38). The van der Waals surface area contributed by atoms with Crippen LogP contribution in [0.15, 0.2) is 6.07 Å². The molecule has 0 saturated heterocycles. The topological polar surface area (TPSA) is 199 Å². The first-order chi connectivity index (χ1) is 21.1. The molecular weight excluding hydrogens is 582 g/mol. The number of phenols is 1. The van der Waals surface area contributed by atoms with Crippen LogP contribution in [0.4, 0.5) is 11.4 Å². The molecule has 5 aliphatic carbocycles. The Bertz CT molecular complexity index is 1530. The number of hydrogen-bond donors (Lipinski definition) is 5. The van der Waals surface area contributed by atoms with Crippen molar-refractivity contribution in [2.24, 2.45) is 34.8 Å². The summed E-state index contributed by atoms with van der Waals surface area (Å²) in [6.45, 7) is 0.0228. The minimum absolute atomic E-state index is 0.00165. The lowest BCUT2D eigenvalue weighted by atomic mass is 9.52. The van der Waals surface area contributed by atoms with Gasteiger partial charge in [0.05, 0.1) is 29.8 Å². The van der Waals surface area contributed by atoms with Crippen LogP contribution in [-0.4, -0.2) is 102 Å². The highest BCUT2D eigenvalue weighted by Gasteiger charge is 2.69. The molecule has 0 heterocycles. The smallest absolute Gasteiger partial charge is 0.238 e. The van der Waals surface area contributed by atoms with E-state index in [4.69, 9.17) is 5.73 Å². The van der Waals surface area contributed by atoms with E-state index in [1.165, 1.54) is 17.7 Å². The van der Waals surface area contributed by atoms with Crippen molar-refractivity contribution in [3.63, 3.8) is 0 Å². The molecule has 1 aromatic rings. The number of Topliss-reactive ketones (excluding diaryl/α,β-unsaturated/α-hetero) is 4. The second-order valence-electron chi connectivity index (χ2n) is 14.2. The van der Waals surface area contributed by atoms with Gasteiger partial charge in [0.1, 0.15) is 5.75 Å². The average Bonchev–Trinajstić information content (AvgIpc) is 3.59. The van der Waals surface area contributed by atoms with E-state index in [0.29, 0.717) is 16.7 Å². The average molecular weight is 624 g/mol. The molecule has 45 heavy (non-hydrogen) atoms. The van der Waals surface area contributed by atoms with Crippen LogP contribution < -0.4 is 21.3 Å². The number of likely N-dealkylation sites (N-methyl/N-ethyl adjacent to an activating group) is 1. The summed E-state index contributed by atoms with van der Waals surface area (Å²) in [5.41, 5.74) is 3.88. The van der Waals surface area contributed by atoms with Gasteiger partial charge in [-0.25, -0.2) is 0 Å². The molecule has 7 atom stereocenters. The van der Waals surface area contributed by atoms with Gasteiger partial charge in [0.15, 0.2) is 34.7 Å². The summed E-state index contributed by atoms with van der Waals surface area (Å²) in [6, 6.07) is 0.666. The number of fused-ring (bicyclic) bond motifs is 3. The molecule has 2 amide bonds. The Morgan fingerprint density at radius 3 is 2.33 bits per heavy atom. The Morgan fingerprint density at radius 2 is 1.76 bits per heavy atom. The molecule has 0 bridgehead atoms. The highest BCUT2D eigenvalue weighted by atomic mass is 16.3. The van der Waals surface area contributed by atoms with Crippen molar-refractivity contribution in [3.8, 4) is 5.75 Å². The van der Waals surface area contributed by atoms with E-state index in [1.807, 2.05) is 0 Å². The summed E-state index contributed by atoms with van der Waals surface area (Å²) >= 11 is 0. The van der Waals surface area contributed by atoms with Crippen LogP contribution in [0, 0.1) is 29.1 Å². The molecular formula is C32H41N5O8. The van der Waals surface area contributed by atoms with Crippen molar-refractivity contribution in [2.75, 3.05) is 45.0 Å². The molecule has 0 radical (unpaired) electrons. The number of rotatable bonds is 7. The van der Waals surface area contributed by atoms with E-state index >= 15 is 0 Å². The number of phenolic OH excluding ortho intramolecular Hbond substituents is 1. The van der Waals surface area contributed by atoms with E-state index < -0.39 is 76.0 Å². The number of hydrogen-bond acceptors (Lipinski definition) is 11. The Morgan fingerprint density at radius 1 is 1.07 bits per heavy atom. The summed E-state index contributed by atoms with van der Waals surface area (Å²) in [5.74, 6) is -11.6. The van der Waals surface area contributed by atoms with Gasteiger partial charge in [-0.05, 0) is 82.0 Å². The minimum Gasteiger partial charge on any atom is -0.505 e. The number of nitrogens with two attached hydrogens (primary N) is 1. The molecule has 13 heteroatoms. The number of aromatic hydroxyl groups is 1. The Balaban J connectivity index is 1.33. The number of nitrogens with one attached hydrogen (secondary N) is 2. The van der Waals surface area contributed by atoms with Crippen LogP contribution >= 0.6 is 0 Å². The monoisotopic (exact) mass is 623 g/mol. The second-order valence-corrected chi connectivity index (χ2v) is 14.2. The van der Waals surface area contributed by atoms with E-state index in [2.05, 4.69) is 10.6 Å². The molecule has 1 spiro atoms. The van der Waals surface area contributed by atoms with Crippen molar-refractivity contribution in [1.82, 2.24) is 10.2 Å². The maximum atomic E-state index is 14.2. The van der Waals surface area contributed by atoms with Gasteiger partial charge in [-0.15, -0.1) is 0 Å². The molecule has 7 unspecified atom stereocenters. The Kier molecular flexibility index (Phi) is 7.45. The predicted molar refractivity (Wildman–Crippen MR) is 162 cm³/mol.